The van der Waals surface area contributed by atoms with Gasteiger partial charge < -0.3 is 10.3 Å². The fourth-order valence-corrected chi connectivity index (χ4v) is 2.49. The number of nitrogen functional groups attached to an aromatic ring is 1. The lowest BCUT2D eigenvalue weighted by Gasteiger charge is -2.11. The van der Waals surface area contributed by atoms with Gasteiger partial charge in [-0.15, -0.1) is 0 Å². The predicted octanol–water partition coefficient (Wildman–Crippen LogP) is 3.53. The smallest absolute Gasteiger partial charge is 0.126 e. The minimum Gasteiger partial charge on any atom is -0.384 e. The third kappa shape index (κ3) is 2.98. The van der Waals surface area contributed by atoms with Crippen LogP contribution >= 0.6 is 0 Å². The van der Waals surface area contributed by atoms with E-state index in [0.717, 1.165) is 36.7 Å². The predicted molar refractivity (Wildman–Crippen MR) is 80.2 cm³/mol. The van der Waals surface area contributed by atoms with Crippen LogP contribution in [0.25, 0.3) is 0 Å². The van der Waals surface area contributed by atoms with Crippen molar-refractivity contribution in [3.63, 3.8) is 0 Å². The first-order valence-corrected chi connectivity index (χ1v) is 6.99. The fourth-order valence-electron chi connectivity index (χ4n) is 2.49. The summed E-state index contributed by atoms with van der Waals surface area (Å²) in [5.74, 6) is 2.30. The van der Waals surface area contributed by atoms with Gasteiger partial charge in [-0.2, -0.15) is 0 Å². The van der Waals surface area contributed by atoms with Crippen molar-refractivity contribution in [1.82, 2.24) is 9.55 Å². The second-order valence-electron chi connectivity index (χ2n) is 5.16. The Hall–Kier alpha value is -1.77. The standard InChI is InChI=1S/C16H23N3/c1-4-10-19-13(3)18-15(16(19)17)11-12(2)14-8-6-5-7-9-14/h5-9,12H,4,10-11,17H2,1-3H3. The molecule has 3 nitrogen and oxygen atoms in total. The number of imidazole rings is 1. The summed E-state index contributed by atoms with van der Waals surface area (Å²) in [7, 11) is 0. The molecule has 0 saturated carbocycles. The summed E-state index contributed by atoms with van der Waals surface area (Å²) in [6.45, 7) is 7.36. The number of aryl methyl sites for hydroxylation is 1. The first-order valence-electron chi connectivity index (χ1n) is 6.99. The summed E-state index contributed by atoms with van der Waals surface area (Å²) < 4.78 is 2.12. The van der Waals surface area contributed by atoms with Gasteiger partial charge in [0.15, 0.2) is 0 Å². The number of nitrogens with two attached hydrogens (primary N) is 1. The van der Waals surface area contributed by atoms with Crippen LogP contribution in [0, 0.1) is 6.92 Å². The topological polar surface area (TPSA) is 43.8 Å². The molecule has 0 bridgehead atoms. The first kappa shape index (κ1) is 13.7. The van der Waals surface area contributed by atoms with E-state index in [2.05, 4.69) is 47.7 Å². The molecule has 0 aliphatic carbocycles. The molecule has 1 unspecified atom stereocenters. The number of rotatable bonds is 5. The number of benzene rings is 1. The number of hydrogen-bond donors (Lipinski definition) is 1. The highest BCUT2D eigenvalue weighted by Gasteiger charge is 2.15. The van der Waals surface area contributed by atoms with Crippen LogP contribution in [-0.4, -0.2) is 9.55 Å². The van der Waals surface area contributed by atoms with Crippen molar-refractivity contribution in [2.24, 2.45) is 0 Å². The van der Waals surface area contributed by atoms with Gasteiger partial charge in [-0.1, -0.05) is 44.2 Å². The zero-order valence-corrected chi connectivity index (χ0v) is 12.1. The summed E-state index contributed by atoms with van der Waals surface area (Å²) in [6.07, 6.45) is 1.97. The Bertz CT molecular complexity index is 528. The Morgan fingerprint density at radius 2 is 1.95 bits per heavy atom. The summed E-state index contributed by atoms with van der Waals surface area (Å²) in [5.41, 5.74) is 8.58. The Morgan fingerprint density at radius 3 is 2.58 bits per heavy atom. The van der Waals surface area contributed by atoms with E-state index in [1.165, 1.54) is 5.56 Å². The van der Waals surface area contributed by atoms with E-state index in [9.17, 15) is 0 Å². The van der Waals surface area contributed by atoms with Crippen molar-refractivity contribution in [2.45, 2.75) is 46.1 Å². The third-order valence-electron chi connectivity index (χ3n) is 3.59. The van der Waals surface area contributed by atoms with Gasteiger partial charge in [-0.25, -0.2) is 4.98 Å². The lowest BCUT2D eigenvalue weighted by molar-refractivity contribution is 0.665. The van der Waals surface area contributed by atoms with Gasteiger partial charge in [0.05, 0.1) is 5.69 Å². The minimum atomic E-state index is 0.438. The lowest BCUT2D eigenvalue weighted by Crippen LogP contribution is -2.06. The van der Waals surface area contributed by atoms with Gasteiger partial charge in [0.2, 0.25) is 0 Å². The second-order valence-corrected chi connectivity index (χ2v) is 5.16. The molecule has 0 radical (unpaired) electrons. The monoisotopic (exact) mass is 257 g/mol. The highest BCUT2D eigenvalue weighted by Crippen LogP contribution is 2.24. The van der Waals surface area contributed by atoms with E-state index in [4.69, 9.17) is 5.73 Å². The van der Waals surface area contributed by atoms with Gasteiger partial charge in [0.1, 0.15) is 11.6 Å². The fraction of sp³-hybridized carbons (Fsp3) is 0.438. The molecule has 0 aliphatic rings. The van der Waals surface area contributed by atoms with Gasteiger partial charge in [0.25, 0.3) is 0 Å². The van der Waals surface area contributed by atoms with Crippen LogP contribution in [0.1, 0.15) is 43.3 Å². The molecular weight excluding hydrogens is 234 g/mol. The molecule has 1 atom stereocenters. The summed E-state index contributed by atoms with van der Waals surface area (Å²) >= 11 is 0. The van der Waals surface area contributed by atoms with E-state index in [1.54, 1.807) is 0 Å². The molecule has 2 rings (SSSR count). The Morgan fingerprint density at radius 1 is 1.26 bits per heavy atom. The van der Waals surface area contributed by atoms with Crippen LogP contribution in [0.5, 0.6) is 0 Å². The van der Waals surface area contributed by atoms with Crippen LogP contribution in [0.15, 0.2) is 30.3 Å². The molecule has 19 heavy (non-hydrogen) atoms. The van der Waals surface area contributed by atoms with Crippen molar-refractivity contribution >= 4 is 5.82 Å². The highest BCUT2D eigenvalue weighted by atomic mass is 15.1. The van der Waals surface area contributed by atoms with Crippen LogP contribution in [-0.2, 0) is 13.0 Å². The quantitative estimate of drug-likeness (QED) is 0.890. The molecule has 2 N–H and O–H groups in total. The van der Waals surface area contributed by atoms with Crippen molar-refractivity contribution in [1.29, 1.82) is 0 Å². The van der Waals surface area contributed by atoms with E-state index in [0.29, 0.717) is 5.92 Å². The third-order valence-corrected chi connectivity index (χ3v) is 3.59. The molecule has 0 aliphatic heterocycles. The molecule has 2 aromatic rings. The van der Waals surface area contributed by atoms with Crippen molar-refractivity contribution < 1.29 is 0 Å². The zero-order chi connectivity index (χ0) is 13.8. The molecule has 1 aromatic carbocycles. The zero-order valence-electron chi connectivity index (χ0n) is 12.1. The van der Waals surface area contributed by atoms with E-state index < -0.39 is 0 Å². The van der Waals surface area contributed by atoms with Crippen LogP contribution < -0.4 is 5.73 Å². The van der Waals surface area contributed by atoms with Crippen LogP contribution in [0.3, 0.4) is 0 Å². The molecule has 0 saturated heterocycles. The Balaban J connectivity index is 2.18. The second kappa shape index (κ2) is 5.91. The largest absolute Gasteiger partial charge is 0.384 e. The van der Waals surface area contributed by atoms with E-state index in [-0.39, 0.29) is 0 Å². The minimum absolute atomic E-state index is 0.438. The maximum atomic E-state index is 6.22. The van der Waals surface area contributed by atoms with Crippen molar-refractivity contribution in [2.75, 3.05) is 5.73 Å². The van der Waals surface area contributed by atoms with Gasteiger partial charge >= 0.3 is 0 Å². The number of hydrogen-bond acceptors (Lipinski definition) is 2. The Labute approximate surface area is 115 Å². The molecular formula is C16H23N3. The normalized spacial score (nSPS) is 12.6. The van der Waals surface area contributed by atoms with Crippen molar-refractivity contribution in [3.8, 4) is 0 Å². The van der Waals surface area contributed by atoms with Crippen LogP contribution in [0.2, 0.25) is 0 Å². The maximum absolute atomic E-state index is 6.22. The number of anilines is 1. The van der Waals surface area contributed by atoms with Gasteiger partial charge in [-0.3, -0.25) is 0 Å². The van der Waals surface area contributed by atoms with Gasteiger partial charge in [-0.05, 0) is 31.2 Å². The molecule has 1 heterocycles. The average molecular weight is 257 g/mol. The maximum Gasteiger partial charge on any atom is 0.126 e. The Kier molecular flexibility index (Phi) is 4.25. The van der Waals surface area contributed by atoms with E-state index in [1.807, 2.05) is 13.0 Å². The molecule has 3 heteroatoms. The first-order chi connectivity index (χ1) is 9.13. The molecule has 1 aromatic heterocycles. The number of aromatic nitrogens is 2. The summed E-state index contributed by atoms with van der Waals surface area (Å²) in [4.78, 5) is 4.63. The molecule has 102 valence electrons. The SMILES string of the molecule is CCCn1c(C)nc(CC(C)c2ccccc2)c1N. The van der Waals surface area contributed by atoms with Gasteiger partial charge in [0, 0.05) is 6.54 Å². The molecule has 0 fully saturated rings. The van der Waals surface area contributed by atoms with Crippen LogP contribution in [0.4, 0.5) is 5.82 Å². The molecule has 0 amide bonds. The summed E-state index contributed by atoms with van der Waals surface area (Å²) in [5, 5.41) is 0. The van der Waals surface area contributed by atoms with Crippen molar-refractivity contribution in [3.05, 3.63) is 47.4 Å². The number of nitrogens with zero attached hydrogens (tertiary/aromatic N) is 2. The lowest BCUT2D eigenvalue weighted by atomic mass is 9.96. The highest BCUT2D eigenvalue weighted by molar-refractivity contribution is 5.39. The van der Waals surface area contributed by atoms with E-state index >= 15 is 0 Å². The molecule has 0 spiro atoms. The summed E-state index contributed by atoms with van der Waals surface area (Å²) in [6, 6.07) is 10.5. The average Bonchev–Trinajstić information content (AvgIpc) is 2.68.